The lowest BCUT2D eigenvalue weighted by atomic mass is 10.2. The highest BCUT2D eigenvalue weighted by Gasteiger charge is 2.23. The van der Waals surface area contributed by atoms with Crippen molar-refractivity contribution < 1.29 is 17.5 Å². The monoisotopic (exact) mass is 364 g/mol. The fourth-order valence-electron chi connectivity index (χ4n) is 2.96. The molecule has 3 aromatic rings. The highest BCUT2D eigenvalue weighted by Crippen LogP contribution is 2.23. The minimum Gasteiger partial charge on any atom is -0.748 e. The van der Waals surface area contributed by atoms with Crippen LogP contribution in [0.25, 0.3) is 16.7 Å². The van der Waals surface area contributed by atoms with Crippen molar-refractivity contribution in [2.24, 2.45) is 0 Å². The summed E-state index contributed by atoms with van der Waals surface area (Å²) in [5.74, 6) is 0.569. The van der Waals surface area contributed by atoms with Crippen LogP contribution in [0.4, 0.5) is 0 Å². The fourth-order valence-corrected chi connectivity index (χ4v) is 3.60. The van der Waals surface area contributed by atoms with E-state index < -0.39 is 10.1 Å². The summed E-state index contributed by atoms with van der Waals surface area (Å²) in [4.78, 5) is 0. The molecule has 0 amide bonds. The van der Waals surface area contributed by atoms with E-state index >= 15 is 0 Å². The molecular formula is C17H17ClN2O3S. The quantitative estimate of drug-likeness (QED) is 0.516. The molecule has 24 heavy (non-hydrogen) atoms. The fraction of sp³-hybridized carbons (Fsp3) is 0.235. The molecule has 126 valence electrons. The number of fused-ring (bicyclic) bond motifs is 1. The average Bonchev–Trinajstić information content (AvgIpc) is 2.79. The summed E-state index contributed by atoms with van der Waals surface area (Å²) in [7, 11) is -4.21. The first-order chi connectivity index (χ1) is 11.4. The Morgan fingerprint density at radius 2 is 1.88 bits per heavy atom. The van der Waals surface area contributed by atoms with E-state index in [1.165, 1.54) is 0 Å². The zero-order valence-corrected chi connectivity index (χ0v) is 14.7. The van der Waals surface area contributed by atoms with Gasteiger partial charge in [0.2, 0.25) is 0 Å². The summed E-state index contributed by atoms with van der Waals surface area (Å²) < 4.78 is 36.7. The van der Waals surface area contributed by atoms with Gasteiger partial charge in [-0.2, -0.15) is 4.57 Å². The normalized spacial score (nSPS) is 12.0. The second kappa shape index (κ2) is 6.55. The first kappa shape index (κ1) is 17.0. The van der Waals surface area contributed by atoms with Gasteiger partial charge in [0.1, 0.15) is 5.69 Å². The van der Waals surface area contributed by atoms with Crippen molar-refractivity contribution in [3.8, 4) is 5.69 Å². The number of rotatable bonds is 5. The van der Waals surface area contributed by atoms with Gasteiger partial charge in [-0.25, -0.2) is 13.0 Å². The molecular weight excluding hydrogens is 348 g/mol. The Morgan fingerprint density at radius 3 is 2.54 bits per heavy atom. The first-order valence-corrected chi connectivity index (χ1v) is 9.52. The highest BCUT2D eigenvalue weighted by molar-refractivity contribution is 7.85. The Labute approximate surface area is 145 Å². The molecule has 0 atom stereocenters. The Morgan fingerprint density at radius 1 is 1.17 bits per heavy atom. The van der Waals surface area contributed by atoms with Crippen molar-refractivity contribution in [1.82, 2.24) is 4.57 Å². The topological polar surface area (TPSA) is 66.0 Å². The lowest BCUT2D eigenvalue weighted by molar-refractivity contribution is -0.677. The van der Waals surface area contributed by atoms with Gasteiger partial charge in [-0.3, -0.25) is 0 Å². The second-order valence-electron chi connectivity index (χ2n) is 5.62. The Kier molecular flexibility index (Phi) is 4.62. The Bertz CT molecular complexity index is 982. The lowest BCUT2D eigenvalue weighted by Crippen LogP contribution is -2.37. The zero-order valence-electron chi connectivity index (χ0n) is 13.1. The zero-order chi connectivity index (χ0) is 17.3. The van der Waals surface area contributed by atoms with Crippen molar-refractivity contribution in [1.29, 1.82) is 0 Å². The van der Waals surface area contributed by atoms with Crippen molar-refractivity contribution in [2.45, 2.75) is 19.9 Å². The molecule has 0 bridgehead atoms. The first-order valence-electron chi connectivity index (χ1n) is 7.56. The van der Waals surface area contributed by atoms with Gasteiger partial charge in [0, 0.05) is 23.8 Å². The van der Waals surface area contributed by atoms with E-state index in [9.17, 15) is 13.0 Å². The number of para-hydroxylation sites is 1. The molecule has 7 heteroatoms. The van der Waals surface area contributed by atoms with Crippen LogP contribution >= 0.6 is 11.6 Å². The van der Waals surface area contributed by atoms with Crippen LogP contribution in [-0.2, 0) is 16.7 Å². The minimum absolute atomic E-state index is 0.262. The van der Waals surface area contributed by atoms with Gasteiger partial charge in [-0.05, 0) is 30.7 Å². The van der Waals surface area contributed by atoms with Crippen molar-refractivity contribution >= 4 is 32.8 Å². The summed E-state index contributed by atoms with van der Waals surface area (Å²) in [5.41, 5.74) is 2.90. The van der Waals surface area contributed by atoms with Crippen molar-refractivity contribution in [3.05, 3.63) is 59.4 Å². The van der Waals surface area contributed by atoms with Crippen LogP contribution in [0.1, 0.15) is 12.2 Å². The van der Waals surface area contributed by atoms with Crippen LogP contribution in [0.15, 0.2) is 48.5 Å². The standard InChI is InChI=1S/C17H17ClN2O3S/c1-13-19(10-5-11-24(21,22)23)17-12-14(18)8-9-16(17)20(13)15-6-3-2-4-7-15/h2-4,6-9,12H,5,10-11H2,1H3. The van der Waals surface area contributed by atoms with Gasteiger partial charge in [0.15, 0.2) is 11.0 Å². The molecule has 0 aliphatic rings. The van der Waals surface area contributed by atoms with Crippen molar-refractivity contribution in [3.63, 3.8) is 0 Å². The molecule has 0 saturated heterocycles. The summed E-state index contributed by atoms with van der Waals surface area (Å²) in [6.45, 7) is 2.40. The average molecular weight is 365 g/mol. The number of aromatic nitrogens is 2. The molecule has 0 radical (unpaired) electrons. The number of imidazole rings is 1. The number of halogens is 1. The molecule has 3 rings (SSSR count). The molecule has 2 aromatic carbocycles. The smallest absolute Gasteiger partial charge is 0.259 e. The molecule has 5 nitrogen and oxygen atoms in total. The summed E-state index contributed by atoms with van der Waals surface area (Å²) >= 11 is 6.14. The van der Waals surface area contributed by atoms with Crippen LogP contribution in [0.2, 0.25) is 5.02 Å². The molecule has 1 heterocycles. The van der Waals surface area contributed by atoms with E-state index in [1.807, 2.05) is 60.0 Å². The third kappa shape index (κ3) is 3.45. The maximum Gasteiger partial charge on any atom is 0.259 e. The van der Waals surface area contributed by atoms with Crippen LogP contribution < -0.4 is 4.57 Å². The lowest BCUT2D eigenvalue weighted by Gasteiger charge is -2.06. The Hall–Kier alpha value is -1.89. The van der Waals surface area contributed by atoms with Crippen LogP contribution in [0, 0.1) is 6.92 Å². The van der Waals surface area contributed by atoms with Gasteiger partial charge in [-0.15, -0.1) is 0 Å². The van der Waals surface area contributed by atoms with E-state index in [4.69, 9.17) is 11.6 Å². The maximum atomic E-state index is 10.9. The predicted molar refractivity (Wildman–Crippen MR) is 92.4 cm³/mol. The van der Waals surface area contributed by atoms with Gasteiger partial charge >= 0.3 is 0 Å². The van der Waals surface area contributed by atoms with E-state index in [-0.39, 0.29) is 12.2 Å². The van der Waals surface area contributed by atoms with Crippen molar-refractivity contribution in [2.75, 3.05) is 5.75 Å². The number of benzene rings is 2. The van der Waals surface area contributed by atoms with Gasteiger partial charge in [0.05, 0.1) is 16.7 Å². The molecule has 1 aromatic heterocycles. The Balaban J connectivity index is 2.11. The largest absolute Gasteiger partial charge is 0.748 e. The number of nitrogens with zero attached hydrogens (tertiary/aromatic N) is 2. The number of hydrogen-bond acceptors (Lipinski definition) is 3. The SMILES string of the molecule is Cc1n(-c2ccccc2)c2ccc(Cl)cc2[n+]1CCCS(=O)(=O)[O-]. The van der Waals surface area contributed by atoms with Gasteiger partial charge < -0.3 is 4.55 Å². The second-order valence-corrected chi connectivity index (χ2v) is 7.58. The molecule has 0 saturated carbocycles. The minimum atomic E-state index is -4.21. The summed E-state index contributed by atoms with van der Waals surface area (Å²) in [6, 6.07) is 15.5. The van der Waals surface area contributed by atoms with Crippen LogP contribution in [0.3, 0.4) is 0 Å². The third-order valence-electron chi connectivity index (χ3n) is 3.97. The van der Waals surface area contributed by atoms with E-state index in [0.717, 1.165) is 22.5 Å². The number of aryl methyl sites for hydroxylation is 1. The van der Waals surface area contributed by atoms with E-state index in [2.05, 4.69) is 4.57 Å². The molecule has 0 aliphatic carbocycles. The summed E-state index contributed by atoms with van der Waals surface area (Å²) in [6.07, 6.45) is 0.262. The maximum absolute atomic E-state index is 10.9. The third-order valence-corrected chi connectivity index (χ3v) is 5.00. The molecule has 0 fully saturated rings. The van der Waals surface area contributed by atoms with Gasteiger partial charge in [-0.1, -0.05) is 29.8 Å². The predicted octanol–water partition coefficient (Wildman–Crippen LogP) is 2.82. The van der Waals surface area contributed by atoms with Crippen LogP contribution in [0.5, 0.6) is 0 Å². The summed E-state index contributed by atoms with van der Waals surface area (Å²) in [5, 5.41) is 0.609. The van der Waals surface area contributed by atoms with Crippen LogP contribution in [-0.4, -0.2) is 23.3 Å². The van der Waals surface area contributed by atoms with E-state index in [1.54, 1.807) is 0 Å². The molecule has 0 unspecified atom stereocenters. The van der Waals surface area contributed by atoms with Gasteiger partial charge in [0.25, 0.3) is 5.82 Å². The number of hydrogen-bond donors (Lipinski definition) is 0. The molecule has 0 N–H and O–H groups in total. The molecule has 0 spiro atoms. The molecule has 0 aliphatic heterocycles. The highest BCUT2D eigenvalue weighted by atomic mass is 35.5. The van der Waals surface area contributed by atoms with E-state index in [0.29, 0.717) is 11.6 Å².